The molecule has 1 aliphatic carbocycles. The van der Waals surface area contributed by atoms with Gasteiger partial charge in [-0.3, -0.25) is 0 Å². The van der Waals surface area contributed by atoms with Crippen LogP contribution < -0.4 is 9.47 Å². The maximum absolute atomic E-state index is 5.79. The monoisotopic (exact) mass is 273 g/mol. The molecule has 1 aromatic rings. The van der Waals surface area contributed by atoms with Gasteiger partial charge in [0, 0.05) is 11.5 Å². The number of ether oxygens (including phenoxy) is 2. The maximum atomic E-state index is 5.79. The van der Waals surface area contributed by atoms with Crippen LogP contribution >= 0.6 is 0 Å². The van der Waals surface area contributed by atoms with Crippen molar-refractivity contribution in [1.29, 1.82) is 0 Å². The summed E-state index contributed by atoms with van der Waals surface area (Å²) in [6, 6.07) is 7.36. The SMILES string of the molecule is CN1CC[C@]2(c3ccc4c(c3)OCCO4)CCCC[C@H]12. The first-order valence-corrected chi connectivity index (χ1v) is 7.90. The lowest BCUT2D eigenvalue weighted by atomic mass is 9.66. The van der Waals surface area contributed by atoms with Crippen LogP contribution in [0.15, 0.2) is 18.2 Å². The van der Waals surface area contributed by atoms with Crippen molar-refractivity contribution in [3.05, 3.63) is 23.8 Å². The van der Waals surface area contributed by atoms with Crippen molar-refractivity contribution in [2.24, 2.45) is 0 Å². The Hall–Kier alpha value is -1.22. The Morgan fingerprint density at radius 3 is 2.85 bits per heavy atom. The fourth-order valence-electron chi connectivity index (χ4n) is 4.52. The Morgan fingerprint density at radius 2 is 1.95 bits per heavy atom. The number of hydrogen-bond acceptors (Lipinski definition) is 3. The van der Waals surface area contributed by atoms with E-state index >= 15 is 0 Å². The van der Waals surface area contributed by atoms with Crippen LogP contribution in [0.2, 0.25) is 0 Å². The third-order valence-corrected chi connectivity index (χ3v) is 5.55. The molecule has 0 aromatic heterocycles. The predicted octanol–water partition coefficient (Wildman–Crippen LogP) is 2.97. The van der Waals surface area contributed by atoms with Gasteiger partial charge in [-0.25, -0.2) is 0 Å². The first-order valence-electron chi connectivity index (χ1n) is 7.90. The van der Waals surface area contributed by atoms with E-state index in [0.29, 0.717) is 24.7 Å². The molecule has 3 aliphatic rings. The quantitative estimate of drug-likeness (QED) is 0.785. The first-order chi connectivity index (χ1) is 9.79. The molecule has 1 aromatic carbocycles. The highest BCUT2D eigenvalue weighted by atomic mass is 16.6. The lowest BCUT2D eigenvalue weighted by Gasteiger charge is -2.42. The zero-order chi connectivity index (χ0) is 13.6. The fourth-order valence-corrected chi connectivity index (χ4v) is 4.52. The van der Waals surface area contributed by atoms with Gasteiger partial charge >= 0.3 is 0 Å². The summed E-state index contributed by atoms with van der Waals surface area (Å²) < 4.78 is 11.4. The Labute approximate surface area is 120 Å². The van der Waals surface area contributed by atoms with E-state index in [4.69, 9.17) is 9.47 Å². The topological polar surface area (TPSA) is 21.7 Å². The summed E-state index contributed by atoms with van der Waals surface area (Å²) in [6.07, 6.45) is 6.68. The van der Waals surface area contributed by atoms with Gasteiger partial charge in [-0.15, -0.1) is 0 Å². The van der Waals surface area contributed by atoms with Crippen LogP contribution in [0, 0.1) is 0 Å². The van der Waals surface area contributed by atoms with E-state index < -0.39 is 0 Å². The number of nitrogens with zero attached hydrogens (tertiary/aromatic N) is 1. The molecule has 2 heterocycles. The van der Waals surface area contributed by atoms with Crippen molar-refractivity contribution in [3.8, 4) is 11.5 Å². The fraction of sp³-hybridized carbons (Fsp3) is 0.647. The summed E-state index contributed by atoms with van der Waals surface area (Å²) in [6.45, 7) is 2.56. The zero-order valence-corrected chi connectivity index (χ0v) is 12.2. The average Bonchev–Trinajstić information content (AvgIpc) is 2.86. The molecule has 2 aliphatic heterocycles. The van der Waals surface area contributed by atoms with E-state index in [1.165, 1.54) is 44.2 Å². The number of fused-ring (bicyclic) bond motifs is 2. The van der Waals surface area contributed by atoms with E-state index in [2.05, 4.69) is 30.1 Å². The Kier molecular flexibility index (Phi) is 2.92. The van der Waals surface area contributed by atoms with Gasteiger partial charge in [0.1, 0.15) is 13.2 Å². The molecule has 4 rings (SSSR count). The number of likely N-dealkylation sites (tertiary alicyclic amines) is 1. The molecule has 20 heavy (non-hydrogen) atoms. The van der Waals surface area contributed by atoms with Gasteiger partial charge in [-0.2, -0.15) is 0 Å². The first kappa shape index (κ1) is 12.5. The molecule has 2 fully saturated rings. The van der Waals surface area contributed by atoms with Crippen LogP contribution in [0.4, 0.5) is 0 Å². The molecule has 0 amide bonds. The summed E-state index contributed by atoms with van der Waals surface area (Å²) >= 11 is 0. The molecule has 0 unspecified atom stereocenters. The average molecular weight is 273 g/mol. The molecule has 2 atom stereocenters. The van der Waals surface area contributed by atoms with Crippen LogP contribution in [-0.4, -0.2) is 37.7 Å². The minimum atomic E-state index is 0.350. The van der Waals surface area contributed by atoms with E-state index in [1.54, 1.807) is 0 Å². The van der Waals surface area contributed by atoms with Crippen molar-refractivity contribution >= 4 is 0 Å². The molecule has 0 bridgehead atoms. The lowest BCUT2D eigenvalue weighted by molar-refractivity contribution is 0.167. The molecule has 108 valence electrons. The summed E-state index contributed by atoms with van der Waals surface area (Å²) in [5.41, 5.74) is 1.82. The van der Waals surface area contributed by atoms with Gasteiger partial charge in [-0.05, 0) is 50.6 Å². The van der Waals surface area contributed by atoms with Crippen LogP contribution in [0.25, 0.3) is 0 Å². The molecular formula is C17H23NO2. The third kappa shape index (κ3) is 1.76. The number of likely N-dealkylation sites (N-methyl/N-ethyl adjacent to an activating group) is 1. The van der Waals surface area contributed by atoms with Crippen molar-refractivity contribution in [2.75, 3.05) is 26.8 Å². The van der Waals surface area contributed by atoms with Gasteiger partial charge in [0.15, 0.2) is 11.5 Å². The van der Waals surface area contributed by atoms with Crippen LogP contribution in [0.5, 0.6) is 11.5 Å². The standard InChI is InChI=1S/C17H23NO2/c1-18-9-8-17(7-3-2-4-16(17)18)13-5-6-14-15(12-13)20-11-10-19-14/h5-6,12,16H,2-4,7-11H2,1H3/t16-,17-/m0/s1. The highest BCUT2D eigenvalue weighted by molar-refractivity contribution is 5.47. The lowest BCUT2D eigenvalue weighted by Crippen LogP contribution is -2.43. The second-order valence-corrected chi connectivity index (χ2v) is 6.51. The van der Waals surface area contributed by atoms with E-state index in [0.717, 1.165) is 11.5 Å². The molecule has 3 nitrogen and oxygen atoms in total. The minimum absolute atomic E-state index is 0.350. The van der Waals surface area contributed by atoms with Crippen molar-refractivity contribution in [3.63, 3.8) is 0 Å². The van der Waals surface area contributed by atoms with Crippen LogP contribution in [0.3, 0.4) is 0 Å². The Bertz CT molecular complexity index is 512. The highest BCUT2D eigenvalue weighted by Crippen LogP contribution is 2.49. The van der Waals surface area contributed by atoms with Gasteiger partial charge in [0.2, 0.25) is 0 Å². The molecule has 0 N–H and O–H groups in total. The second-order valence-electron chi connectivity index (χ2n) is 6.51. The number of rotatable bonds is 1. The summed E-state index contributed by atoms with van der Waals surface area (Å²) in [4.78, 5) is 2.57. The van der Waals surface area contributed by atoms with Crippen molar-refractivity contribution in [1.82, 2.24) is 4.90 Å². The highest BCUT2D eigenvalue weighted by Gasteiger charge is 2.48. The zero-order valence-electron chi connectivity index (χ0n) is 12.2. The number of hydrogen-bond donors (Lipinski definition) is 0. The molecular weight excluding hydrogens is 250 g/mol. The molecule has 0 radical (unpaired) electrons. The summed E-state index contributed by atoms with van der Waals surface area (Å²) in [7, 11) is 2.29. The number of benzene rings is 1. The van der Waals surface area contributed by atoms with Crippen LogP contribution in [0.1, 0.15) is 37.7 Å². The van der Waals surface area contributed by atoms with E-state index in [1.807, 2.05) is 0 Å². The third-order valence-electron chi connectivity index (χ3n) is 5.55. The summed E-state index contributed by atoms with van der Waals surface area (Å²) in [5, 5.41) is 0. The normalized spacial score (nSPS) is 33.0. The smallest absolute Gasteiger partial charge is 0.161 e. The van der Waals surface area contributed by atoms with Gasteiger partial charge < -0.3 is 14.4 Å². The van der Waals surface area contributed by atoms with Gasteiger partial charge in [0.05, 0.1) is 0 Å². The Balaban J connectivity index is 1.75. The maximum Gasteiger partial charge on any atom is 0.161 e. The Morgan fingerprint density at radius 1 is 1.10 bits per heavy atom. The van der Waals surface area contributed by atoms with E-state index in [9.17, 15) is 0 Å². The minimum Gasteiger partial charge on any atom is -0.486 e. The van der Waals surface area contributed by atoms with Crippen molar-refractivity contribution < 1.29 is 9.47 Å². The summed E-state index contributed by atoms with van der Waals surface area (Å²) in [5.74, 6) is 1.86. The van der Waals surface area contributed by atoms with Gasteiger partial charge in [-0.1, -0.05) is 18.9 Å². The largest absolute Gasteiger partial charge is 0.486 e. The molecule has 1 saturated carbocycles. The molecule has 1 saturated heterocycles. The molecule has 0 spiro atoms. The van der Waals surface area contributed by atoms with Crippen LogP contribution in [-0.2, 0) is 5.41 Å². The molecule has 3 heteroatoms. The predicted molar refractivity (Wildman–Crippen MR) is 78.6 cm³/mol. The second kappa shape index (κ2) is 4.66. The van der Waals surface area contributed by atoms with Crippen molar-refractivity contribution in [2.45, 2.75) is 43.6 Å². The van der Waals surface area contributed by atoms with Gasteiger partial charge in [0.25, 0.3) is 0 Å². The van der Waals surface area contributed by atoms with E-state index in [-0.39, 0.29) is 0 Å².